The molecule has 0 radical (unpaired) electrons. The van der Waals surface area contributed by atoms with Gasteiger partial charge in [-0.3, -0.25) is 4.79 Å². The lowest BCUT2D eigenvalue weighted by Gasteiger charge is -2.30. The molecule has 1 aliphatic rings. The Morgan fingerprint density at radius 2 is 1.88 bits per heavy atom. The van der Waals surface area contributed by atoms with Gasteiger partial charge in [-0.25, -0.2) is 0 Å². The van der Waals surface area contributed by atoms with Crippen LogP contribution in [0.3, 0.4) is 0 Å². The molecular weight excluding hydrogens is 326 g/mol. The Hall–Kier alpha value is -2.55. The number of nitrogens with one attached hydrogen (secondary N) is 1. The first-order chi connectivity index (χ1) is 11.7. The molecule has 1 fully saturated rings. The van der Waals surface area contributed by atoms with Crippen molar-refractivity contribution < 1.29 is 9.53 Å². The van der Waals surface area contributed by atoms with Crippen LogP contribution in [0.15, 0.2) is 42.5 Å². The molecule has 3 rings (SSSR count). The SMILES string of the molecule is N#Cc1ccc(C(=O)Nc2cc(Cl)ccc2N2CCOCC2)cc1. The highest BCUT2D eigenvalue weighted by Crippen LogP contribution is 2.30. The van der Waals surface area contributed by atoms with Crippen LogP contribution in [0.4, 0.5) is 11.4 Å². The molecule has 0 spiro atoms. The second-order valence-electron chi connectivity index (χ2n) is 5.40. The molecule has 6 heteroatoms. The zero-order chi connectivity index (χ0) is 16.9. The van der Waals surface area contributed by atoms with Gasteiger partial charge in [-0.2, -0.15) is 5.26 Å². The summed E-state index contributed by atoms with van der Waals surface area (Å²) in [6.07, 6.45) is 0. The van der Waals surface area contributed by atoms with Crippen molar-refractivity contribution in [1.82, 2.24) is 0 Å². The monoisotopic (exact) mass is 341 g/mol. The smallest absolute Gasteiger partial charge is 0.255 e. The molecule has 0 saturated carbocycles. The topological polar surface area (TPSA) is 65.4 Å². The molecule has 0 atom stereocenters. The highest BCUT2D eigenvalue weighted by molar-refractivity contribution is 6.31. The number of rotatable bonds is 3. The summed E-state index contributed by atoms with van der Waals surface area (Å²) in [5, 5.41) is 12.3. The van der Waals surface area contributed by atoms with E-state index in [2.05, 4.69) is 10.2 Å². The molecule has 1 amide bonds. The lowest BCUT2D eigenvalue weighted by atomic mass is 10.1. The molecule has 0 bridgehead atoms. The van der Waals surface area contributed by atoms with Gasteiger partial charge >= 0.3 is 0 Å². The molecular formula is C18H16ClN3O2. The van der Waals surface area contributed by atoms with Gasteiger partial charge in [0.2, 0.25) is 0 Å². The number of halogens is 1. The van der Waals surface area contributed by atoms with Crippen LogP contribution in [0.5, 0.6) is 0 Å². The van der Waals surface area contributed by atoms with E-state index in [-0.39, 0.29) is 5.91 Å². The number of hydrogen-bond donors (Lipinski definition) is 1. The minimum atomic E-state index is -0.240. The van der Waals surface area contributed by atoms with E-state index in [0.717, 1.165) is 18.8 Å². The van der Waals surface area contributed by atoms with Gasteiger partial charge in [0, 0.05) is 23.7 Å². The number of amides is 1. The predicted molar refractivity (Wildman–Crippen MR) is 93.6 cm³/mol. The highest BCUT2D eigenvalue weighted by atomic mass is 35.5. The van der Waals surface area contributed by atoms with Gasteiger partial charge in [0.05, 0.1) is 36.2 Å². The maximum atomic E-state index is 12.5. The molecule has 1 N–H and O–H groups in total. The van der Waals surface area contributed by atoms with E-state index in [9.17, 15) is 4.79 Å². The third-order valence-corrected chi connectivity index (χ3v) is 4.07. The van der Waals surface area contributed by atoms with Crippen LogP contribution in [-0.2, 0) is 4.74 Å². The predicted octanol–water partition coefficient (Wildman–Crippen LogP) is 3.30. The van der Waals surface area contributed by atoms with Crippen molar-refractivity contribution in [3.8, 4) is 6.07 Å². The number of carbonyl (C=O) groups excluding carboxylic acids is 1. The fourth-order valence-electron chi connectivity index (χ4n) is 2.58. The first-order valence-electron chi connectivity index (χ1n) is 7.61. The Kier molecular flexibility index (Phi) is 4.99. The van der Waals surface area contributed by atoms with E-state index < -0.39 is 0 Å². The van der Waals surface area contributed by atoms with Gasteiger partial charge in [-0.15, -0.1) is 0 Å². The van der Waals surface area contributed by atoms with Crippen LogP contribution >= 0.6 is 11.6 Å². The van der Waals surface area contributed by atoms with Gasteiger partial charge in [0.25, 0.3) is 5.91 Å². The Morgan fingerprint density at radius 3 is 2.54 bits per heavy atom. The second kappa shape index (κ2) is 7.35. The quantitative estimate of drug-likeness (QED) is 0.930. The number of morpholine rings is 1. The van der Waals surface area contributed by atoms with Crippen molar-refractivity contribution >= 4 is 28.9 Å². The Morgan fingerprint density at radius 1 is 1.17 bits per heavy atom. The highest BCUT2D eigenvalue weighted by Gasteiger charge is 2.17. The van der Waals surface area contributed by atoms with Crippen LogP contribution in [-0.4, -0.2) is 32.2 Å². The molecule has 0 aliphatic carbocycles. The van der Waals surface area contributed by atoms with Gasteiger partial charge in [-0.05, 0) is 42.5 Å². The van der Waals surface area contributed by atoms with E-state index in [1.807, 2.05) is 18.2 Å². The fourth-order valence-corrected chi connectivity index (χ4v) is 2.75. The lowest BCUT2D eigenvalue weighted by Crippen LogP contribution is -2.36. The Bertz CT molecular complexity index is 778. The van der Waals surface area contributed by atoms with Crippen LogP contribution in [0.25, 0.3) is 0 Å². The molecule has 2 aromatic carbocycles. The van der Waals surface area contributed by atoms with Crippen LogP contribution in [0.2, 0.25) is 5.02 Å². The average molecular weight is 342 g/mol. The molecule has 2 aromatic rings. The standard InChI is InChI=1S/C18H16ClN3O2/c19-15-5-6-17(22-7-9-24-10-8-22)16(11-15)21-18(23)14-3-1-13(12-20)2-4-14/h1-6,11H,7-10H2,(H,21,23). The summed E-state index contributed by atoms with van der Waals surface area (Å²) in [7, 11) is 0. The number of hydrogen-bond acceptors (Lipinski definition) is 4. The van der Waals surface area contributed by atoms with Gasteiger partial charge in [0.15, 0.2) is 0 Å². The van der Waals surface area contributed by atoms with E-state index in [0.29, 0.717) is 35.1 Å². The molecule has 122 valence electrons. The van der Waals surface area contributed by atoms with Crippen molar-refractivity contribution in [2.45, 2.75) is 0 Å². The summed E-state index contributed by atoms with van der Waals surface area (Å²) < 4.78 is 5.38. The minimum absolute atomic E-state index is 0.240. The molecule has 1 saturated heterocycles. The average Bonchev–Trinajstić information content (AvgIpc) is 2.62. The number of benzene rings is 2. The second-order valence-corrected chi connectivity index (χ2v) is 5.84. The van der Waals surface area contributed by atoms with E-state index in [1.165, 1.54) is 0 Å². The lowest BCUT2D eigenvalue weighted by molar-refractivity contribution is 0.102. The van der Waals surface area contributed by atoms with E-state index in [1.54, 1.807) is 30.3 Å². The van der Waals surface area contributed by atoms with Crippen LogP contribution in [0, 0.1) is 11.3 Å². The first kappa shape index (κ1) is 16.3. The molecule has 0 aromatic heterocycles. The summed E-state index contributed by atoms with van der Waals surface area (Å²) in [5.74, 6) is -0.240. The number of anilines is 2. The Balaban J connectivity index is 1.83. The van der Waals surface area contributed by atoms with Crippen LogP contribution in [0.1, 0.15) is 15.9 Å². The molecule has 24 heavy (non-hydrogen) atoms. The Labute approximate surface area is 145 Å². The van der Waals surface area contributed by atoms with Crippen molar-refractivity contribution in [1.29, 1.82) is 5.26 Å². The molecule has 1 heterocycles. The number of carbonyl (C=O) groups is 1. The number of nitriles is 1. The van der Waals surface area contributed by atoms with Crippen molar-refractivity contribution in [3.63, 3.8) is 0 Å². The zero-order valence-electron chi connectivity index (χ0n) is 13.0. The largest absolute Gasteiger partial charge is 0.378 e. The van der Waals surface area contributed by atoms with Crippen molar-refractivity contribution in [2.24, 2.45) is 0 Å². The third kappa shape index (κ3) is 3.67. The third-order valence-electron chi connectivity index (χ3n) is 3.83. The minimum Gasteiger partial charge on any atom is -0.378 e. The summed E-state index contributed by atoms with van der Waals surface area (Å²) in [4.78, 5) is 14.6. The number of nitrogens with zero attached hydrogens (tertiary/aromatic N) is 2. The zero-order valence-corrected chi connectivity index (χ0v) is 13.7. The summed E-state index contributed by atoms with van der Waals surface area (Å²) in [5.41, 5.74) is 2.59. The van der Waals surface area contributed by atoms with Crippen molar-refractivity contribution in [2.75, 3.05) is 36.5 Å². The summed E-state index contributed by atoms with van der Waals surface area (Å²) in [6.45, 7) is 2.85. The van der Waals surface area contributed by atoms with Gasteiger partial charge in [-0.1, -0.05) is 11.6 Å². The van der Waals surface area contributed by atoms with Crippen molar-refractivity contribution in [3.05, 3.63) is 58.6 Å². The van der Waals surface area contributed by atoms with Crippen LogP contribution < -0.4 is 10.2 Å². The van der Waals surface area contributed by atoms with E-state index in [4.69, 9.17) is 21.6 Å². The molecule has 5 nitrogen and oxygen atoms in total. The summed E-state index contributed by atoms with van der Waals surface area (Å²) >= 11 is 6.09. The number of ether oxygens (including phenoxy) is 1. The first-order valence-corrected chi connectivity index (χ1v) is 7.99. The molecule has 0 unspecified atom stereocenters. The van der Waals surface area contributed by atoms with Gasteiger partial charge < -0.3 is 15.0 Å². The normalized spacial score (nSPS) is 14.1. The van der Waals surface area contributed by atoms with E-state index >= 15 is 0 Å². The fraction of sp³-hybridized carbons (Fsp3) is 0.222. The molecule has 1 aliphatic heterocycles. The maximum Gasteiger partial charge on any atom is 0.255 e. The summed E-state index contributed by atoms with van der Waals surface area (Å²) in [6, 6.07) is 14.0. The van der Waals surface area contributed by atoms with Gasteiger partial charge in [0.1, 0.15) is 0 Å². The maximum absolute atomic E-state index is 12.5.